The summed E-state index contributed by atoms with van der Waals surface area (Å²) in [5, 5.41) is 11.2. The second kappa shape index (κ2) is 4.44. The van der Waals surface area contributed by atoms with E-state index in [1.165, 1.54) is 0 Å². The molecule has 0 atom stereocenters. The summed E-state index contributed by atoms with van der Waals surface area (Å²) in [6, 6.07) is 13.6. The van der Waals surface area contributed by atoms with E-state index in [0.29, 0.717) is 21.6 Å². The number of benzene rings is 2. The Morgan fingerprint density at radius 3 is 2.53 bits per heavy atom. The Morgan fingerprint density at radius 2 is 1.79 bits per heavy atom. The average Bonchev–Trinajstić information content (AvgIpc) is 2.41. The summed E-state index contributed by atoms with van der Waals surface area (Å²) in [6.45, 7) is 0. The molecule has 94 valence electrons. The highest BCUT2D eigenvalue weighted by atomic mass is 35.5. The first-order valence-corrected chi connectivity index (χ1v) is 6.05. The van der Waals surface area contributed by atoms with E-state index in [0.717, 1.165) is 0 Å². The lowest BCUT2D eigenvalue weighted by atomic mass is 10.0. The minimum atomic E-state index is -0.571. The molecule has 0 unspecified atom stereocenters. The predicted octanol–water partition coefficient (Wildman–Crippen LogP) is 3.82. The molecule has 0 aliphatic heterocycles. The van der Waals surface area contributed by atoms with Crippen molar-refractivity contribution in [3.05, 3.63) is 64.0 Å². The van der Waals surface area contributed by atoms with Gasteiger partial charge in [0.15, 0.2) is 0 Å². The van der Waals surface area contributed by atoms with Gasteiger partial charge in [-0.2, -0.15) is 0 Å². The zero-order valence-electron chi connectivity index (χ0n) is 9.76. The van der Waals surface area contributed by atoms with Crippen LogP contribution in [0, 0.1) is 0 Å². The summed E-state index contributed by atoms with van der Waals surface area (Å²) >= 11 is 5.90. The monoisotopic (exact) mass is 272 g/mol. The zero-order valence-corrected chi connectivity index (χ0v) is 10.5. The van der Waals surface area contributed by atoms with Gasteiger partial charge in [-0.3, -0.25) is 0 Å². The highest BCUT2D eigenvalue weighted by Gasteiger charge is 2.15. The van der Waals surface area contributed by atoms with E-state index in [4.69, 9.17) is 16.0 Å². The van der Waals surface area contributed by atoms with Crippen molar-refractivity contribution >= 4 is 22.6 Å². The van der Waals surface area contributed by atoms with Crippen LogP contribution in [-0.4, -0.2) is 5.11 Å². The third-order valence-electron chi connectivity index (χ3n) is 2.90. The van der Waals surface area contributed by atoms with Gasteiger partial charge in [-0.05, 0) is 23.8 Å². The molecule has 0 aliphatic carbocycles. The minimum absolute atomic E-state index is 0.111. The van der Waals surface area contributed by atoms with Crippen LogP contribution in [-0.2, 0) is 0 Å². The maximum atomic E-state index is 12.0. The molecule has 2 aromatic carbocycles. The largest absolute Gasteiger partial charge is 0.506 e. The van der Waals surface area contributed by atoms with E-state index in [2.05, 4.69) is 0 Å². The number of rotatable bonds is 1. The first kappa shape index (κ1) is 11.8. The summed E-state index contributed by atoms with van der Waals surface area (Å²) in [6.07, 6.45) is 0. The van der Waals surface area contributed by atoms with E-state index in [1.54, 1.807) is 42.5 Å². The van der Waals surface area contributed by atoms with Crippen molar-refractivity contribution < 1.29 is 9.52 Å². The van der Waals surface area contributed by atoms with Crippen LogP contribution in [0.5, 0.6) is 5.75 Å². The Labute approximate surface area is 113 Å². The van der Waals surface area contributed by atoms with Crippen molar-refractivity contribution in [2.24, 2.45) is 0 Å². The maximum Gasteiger partial charge on any atom is 0.347 e. The highest BCUT2D eigenvalue weighted by molar-refractivity contribution is 6.31. The lowest BCUT2D eigenvalue weighted by Crippen LogP contribution is -2.03. The second-order valence-corrected chi connectivity index (χ2v) is 4.56. The van der Waals surface area contributed by atoms with Crippen molar-refractivity contribution in [3.8, 4) is 16.9 Å². The average molecular weight is 273 g/mol. The van der Waals surface area contributed by atoms with Gasteiger partial charge in [-0.1, -0.05) is 41.9 Å². The Morgan fingerprint density at radius 1 is 1.05 bits per heavy atom. The third-order valence-corrected chi connectivity index (χ3v) is 3.14. The van der Waals surface area contributed by atoms with Crippen LogP contribution in [0.15, 0.2) is 57.7 Å². The van der Waals surface area contributed by atoms with Gasteiger partial charge in [0.1, 0.15) is 16.9 Å². The lowest BCUT2D eigenvalue weighted by molar-refractivity contribution is 0.471. The molecule has 0 radical (unpaired) electrons. The van der Waals surface area contributed by atoms with Crippen molar-refractivity contribution in [2.75, 3.05) is 0 Å². The first-order chi connectivity index (χ1) is 9.16. The number of fused-ring (bicyclic) bond motifs is 1. The molecule has 1 aromatic heterocycles. The Kier molecular flexibility index (Phi) is 2.76. The van der Waals surface area contributed by atoms with Crippen LogP contribution in [0.2, 0.25) is 5.02 Å². The molecule has 0 fully saturated rings. The predicted molar refractivity (Wildman–Crippen MR) is 74.6 cm³/mol. The fourth-order valence-electron chi connectivity index (χ4n) is 2.02. The van der Waals surface area contributed by atoms with E-state index < -0.39 is 5.63 Å². The van der Waals surface area contributed by atoms with Crippen LogP contribution in [0.4, 0.5) is 0 Å². The Balaban J connectivity index is 2.40. The van der Waals surface area contributed by atoms with Crippen molar-refractivity contribution in [1.82, 2.24) is 0 Å². The molecule has 4 heteroatoms. The van der Waals surface area contributed by atoms with Crippen LogP contribution < -0.4 is 5.63 Å². The van der Waals surface area contributed by atoms with Crippen molar-refractivity contribution in [3.63, 3.8) is 0 Å². The molecule has 3 nitrogen and oxygen atoms in total. The summed E-state index contributed by atoms with van der Waals surface area (Å²) in [7, 11) is 0. The summed E-state index contributed by atoms with van der Waals surface area (Å²) in [4.78, 5) is 12.0. The van der Waals surface area contributed by atoms with Crippen molar-refractivity contribution in [1.29, 1.82) is 0 Å². The molecule has 3 rings (SSSR count). The van der Waals surface area contributed by atoms with Gasteiger partial charge < -0.3 is 9.52 Å². The number of aromatic hydroxyl groups is 1. The van der Waals surface area contributed by atoms with Gasteiger partial charge in [0.05, 0.1) is 5.39 Å². The third kappa shape index (κ3) is 1.98. The van der Waals surface area contributed by atoms with Crippen LogP contribution in [0.3, 0.4) is 0 Å². The van der Waals surface area contributed by atoms with E-state index >= 15 is 0 Å². The molecular formula is C15H9ClO3. The van der Waals surface area contributed by atoms with Gasteiger partial charge in [-0.15, -0.1) is 0 Å². The molecule has 1 heterocycles. The van der Waals surface area contributed by atoms with E-state index in [1.807, 2.05) is 6.07 Å². The second-order valence-electron chi connectivity index (χ2n) is 4.12. The molecule has 0 amide bonds. The molecule has 3 aromatic rings. The molecule has 0 aliphatic rings. The number of hydrogen-bond acceptors (Lipinski definition) is 3. The minimum Gasteiger partial charge on any atom is -0.506 e. The van der Waals surface area contributed by atoms with Gasteiger partial charge in [-0.25, -0.2) is 4.79 Å². The SMILES string of the molecule is O=c1oc2ccc(Cl)cc2c(O)c1-c1ccccc1. The van der Waals surface area contributed by atoms with Gasteiger partial charge in [0.25, 0.3) is 0 Å². The summed E-state index contributed by atoms with van der Waals surface area (Å²) in [5.41, 5.74) is 0.496. The van der Waals surface area contributed by atoms with Gasteiger partial charge >= 0.3 is 5.63 Å². The topological polar surface area (TPSA) is 50.4 Å². The maximum absolute atomic E-state index is 12.0. The molecule has 0 spiro atoms. The molecule has 0 bridgehead atoms. The molecule has 0 saturated carbocycles. The fraction of sp³-hybridized carbons (Fsp3) is 0. The first-order valence-electron chi connectivity index (χ1n) is 5.67. The summed E-state index contributed by atoms with van der Waals surface area (Å²) < 4.78 is 5.21. The fourth-order valence-corrected chi connectivity index (χ4v) is 2.19. The van der Waals surface area contributed by atoms with Crippen molar-refractivity contribution in [2.45, 2.75) is 0 Å². The smallest absolute Gasteiger partial charge is 0.347 e. The zero-order chi connectivity index (χ0) is 13.4. The van der Waals surface area contributed by atoms with Crippen LogP contribution >= 0.6 is 11.6 Å². The van der Waals surface area contributed by atoms with E-state index in [-0.39, 0.29) is 11.3 Å². The normalized spacial score (nSPS) is 10.8. The van der Waals surface area contributed by atoms with Crippen LogP contribution in [0.25, 0.3) is 22.1 Å². The molecule has 1 N–H and O–H groups in total. The molecular weight excluding hydrogens is 264 g/mol. The van der Waals surface area contributed by atoms with Gasteiger partial charge in [0, 0.05) is 5.02 Å². The highest BCUT2D eigenvalue weighted by Crippen LogP contribution is 2.34. The summed E-state index contributed by atoms with van der Waals surface area (Å²) in [5.74, 6) is -0.111. The standard InChI is InChI=1S/C15H9ClO3/c16-10-6-7-12-11(8-10)14(17)13(15(18)19-12)9-4-2-1-3-5-9/h1-8,17H. The Bertz CT molecular complexity index is 807. The molecule has 0 saturated heterocycles. The lowest BCUT2D eigenvalue weighted by Gasteiger charge is -2.06. The Hall–Kier alpha value is -2.26. The number of halogens is 1. The van der Waals surface area contributed by atoms with Crippen LogP contribution in [0.1, 0.15) is 0 Å². The molecule has 19 heavy (non-hydrogen) atoms. The number of hydrogen-bond donors (Lipinski definition) is 1. The quantitative estimate of drug-likeness (QED) is 0.685. The van der Waals surface area contributed by atoms with Gasteiger partial charge in [0.2, 0.25) is 0 Å². The van der Waals surface area contributed by atoms with E-state index in [9.17, 15) is 9.90 Å².